The molecule has 6 nitrogen and oxygen atoms in total. The van der Waals surface area contributed by atoms with Crippen LogP contribution >= 0.6 is 23.4 Å². The summed E-state index contributed by atoms with van der Waals surface area (Å²) in [7, 11) is 1.37. The van der Waals surface area contributed by atoms with Crippen LogP contribution in [0.15, 0.2) is 23.1 Å². The van der Waals surface area contributed by atoms with Crippen LogP contribution in [-0.2, 0) is 4.79 Å². The molecule has 1 aromatic carbocycles. The fourth-order valence-corrected chi connectivity index (χ4v) is 2.43. The minimum absolute atomic E-state index is 0.133. The van der Waals surface area contributed by atoms with Gasteiger partial charge in [-0.15, -0.1) is 0 Å². The van der Waals surface area contributed by atoms with E-state index in [0.29, 0.717) is 5.56 Å². The quantitative estimate of drug-likeness (QED) is 0.476. The number of benzene rings is 1. The van der Waals surface area contributed by atoms with Crippen molar-refractivity contribution >= 4 is 46.3 Å². The number of hydrogen-bond acceptors (Lipinski definition) is 5. The summed E-state index contributed by atoms with van der Waals surface area (Å²) in [5.41, 5.74) is 0.196. The standard InChI is InChI=1S/C11H7ClN2O4S/c1-13-10(15)9(19-11(13)16)5-6-4-7(14(17)18)2-3-8(6)12/h2-5H,1H3/b9-5-. The Morgan fingerprint density at radius 1 is 1.42 bits per heavy atom. The average molecular weight is 299 g/mol. The Balaban J connectivity index is 2.43. The number of carbonyl (C=O) groups is 2. The zero-order valence-corrected chi connectivity index (χ0v) is 11.2. The lowest BCUT2D eigenvalue weighted by atomic mass is 10.2. The van der Waals surface area contributed by atoms with Gasteiger partial charge in [0, 0.05) is 29.8 Å². The summed E-state index contributed by atoms with van der Waals surface area (Å²) >= 11 is 6.68. The highest BCUT2D eigenvalue weighted by molar-refractivity contribution is 8.18. The second-order valence-corrected chi connectivity index (χ2v) is 5.10. The summed E-state index contributed by atoms with van der Waals surface area (Å²) in [5.74, 6) is -0.447. The van der Waals surface area contributed by atoms with E-state index in [1.54, 1.807) is 0 Å². The molecule has 2 amide bonds. The van der Waals surface area contributed by atoms with E-state index in [-0.39, 0.29) is 15.6 Å². The molecule has 2 rings (SSSR count). The van der Waals surface area contributed by atoms with Crippen molar-refractivity contribution in [2.75, 3.05) is 7.05 Å². The lowest BCUT2D eigenvalue weighted by Gasteiger charge is -2.02. The van der Waals surface area contributed by atoms with Crippen molar-refractivity contribution in [3.8, 4) is 0 Å². The van der Waals surface area contributed by atoms with Crippen LogP contribution in [0.25, 0.3) is 6.08 Å². The number of nitro groups is 1. The molecule has 8 heteroatoms. The number of likely N-dealkylation sites (N-methyl/N-ethyl adjacent to an activating group) is 1. The molecule has 0 spiro atoms. The fraction of sp³-hybridized carbons (Fsp3) is 0.0909. The van der Waals surface area contributed by atoms with Crippen LogP contribution in [0.3, 0.4) is 0 Å². The minimum atomic E-state index is -0.556. The lowest BCUT2D eigenvalue weighted by Crippen LogP contribution is -2.22. The third-order valence-electron chi connectivity index (χ3n) is 2.46. The first-order valence-electron chi connectivity index (χ1n) is 5.05. The molecular weight excluding hydrogens is 292 g/mol. The van der Waals surface area contributed by atoms with Gasteiger partial charge in [0.05, 0.1) is 9.83 Å². The van der Waals surface area contributed by atoms with Crippen molar-refractivity contribution in [2.45, 2.75) is 0 Å². The van der Waals surface area contributed by atoms with Crippen LogP contribution in [0, 0.1) is 10.1 Å². The molecule has 0 atom stereocenters. The summed E-state index contributed by atoms with van der Waals surface area (Å²) in [6, 6.07) is 3.90. The number of carbonyl (C=O) groups excluding carboxylic acids is 2. The Bertz CT molecular complexity index is 629. The smallest absolute Gasteiger partial charge is 0.272 e. The van der Waals surface area contributed by atoms with Crippen LogP contribution in [0.5, 0.6) is 0 Å². The van der Waals surface area contributed by atoms with E-state index in [2.05, 4.69) is 0 Å². The first kappa shape index (κ1) is 13.6. The molecule has 1 aromatic rings. The first-order chi connectivity index (χ1) is 8.90. The van der Waals surface area contributed by atoms with Gasteiger partial charge in [-0.2, -0.15) is 0 Å². The van der Waals surface area contributed by atoms with Gasteiger partial charge in [-0.1, -0.05) is 11.6 Å². The Morgan fingerprint density at radius 2 is 2.11 bits per heavy atom. The van der Waals surface area contributed by atoms with Gasteiger partial charge in [-0.25, -0.2) is 0 Å². The molecule has 0 radical (unpaired) electrons. The van der Waals surface area contributed by atoms with Gasteiger partial charge in [0.15, 0.2) is 0 Å². The zero-order valence-electron chi connectivity index (χ0n) is 9.62. The second-order valence-electron chi connectivity index (χ2n) is 3.70. The number of non-ortho nitro benzene ring substituents is 1. The van der Waals surface area contributed by atoms with E-state index in [1.165, 1.54) is 31.3 Å². The van der Waals surface area contributed by atoms with Gasteiger partial charge >= 0.3 is 0 Å². The Kier molecular flexibility index (Phi) is 3.59. The molecule has 0 unspecified atom stereocenters. The minimum Gasteiger partial charge on any atom is -0.272 e. The van der Waals surface area contributed by atoms with Crippen LogP contribution in [0.1, 0.15) is 5.56 Å². The van der Waals surface area contributed by atoms with E-state index in [0.717, 1.165) is 16.7 Å². The summed E-state index contributed by atoms with van der Waals surface area (Å²) in [6.45, 7) is 0. The largest absolute Gasteiger partial charge is 0.293 e. The number of nitrogens with zero attached hydrogens (tertiary/aromatic N) is 2. The van der Waals surface area contributed by atoms with Crippen LogP contribution in [-0.4, -0.2) is 28.0 Å². The number of halogens is 1. The van der Waals surface area contributed by atoms with E-state index >= 15 is 0 Å². The molecule has 1 fully saturated rings. The molecule has 1 heterocycles. The van der Waals surface area contributed by atoms with E-state index < -0.39 is 16.1 Å². The molecule has 19 heavy (non-hydrogen) atoms. The van der Waals surface area contributed by atoms with Crippen LogP contribution < -0.4 is 0 Å². The lowest BCUT2D eigenvalue weighted by molar-refractivity contribution is -0.384. The Labute approximate surface area is 117 Å². The van der Waals surface area contributed by atoms with Crippen molar-refractivity contribution in [3.05, 3.63) is 43.8 Å². The summed E-state index contributed by atoms with van der Waals surface area (Å²) < 4.78 is 0. The van der Waals surface area contributed by atoms with Crippen LogP contribution in [0.4, 0.5) is 10.5 Å². The van der Waals surface area contributed by atoms with Gasteiger partial charge in [-0.3, -0.25) is 24.6 Å². The first-order valence-corrected chi connectivity index (χ1v) is 6.25. The molecule has 0 N–H and O–H groups in total. The summed E-state index contributed by atoms with van der Waals surface area (Å²) in [6.07, 6.45) is 1.38. The second kappa shape index (κ2) is 5.02. The molecule has 1 saturated heterocycles. The maximum Gasteiger partial charge on any atom is 0.293 e. The van der Waals surface area contributed by atoms with Crippen molar-refractivity contribution in [3.63, 3.8) is 0 Å². The van der Waals surface area contributed by atoms with Crippen molar-refractivity contribution in [1.29, 1.82) is 0 Å². The number of rotatable bonds is 2. The highest BCUT2D eigenvalue weighted by Gasteiger charge is 2.32. The molecule has 0 bridgehead atoms. The number of thioether (sulfide) groups is 1. The monoisotopic (exact) mass is 298 g/mol. The Morgan fingerprint density at radius 3 is 2.63 bits per heavy atom. The highest BCUT2D eigenvalue weighted by atomic mass is 35.5. The fourth-order valence-electron chi connectivity index (χ4n) is 1.44. The number of hydrogen-bond donors (Lipinski definition) is 0. The van der Waals surface area contributed by atoms with Gasteiger partial charge in [0.2, 0.25) is 0 Å². The topological polar surface area (TPSA) is 80.5 Å². The van der Waals surface area contributed by atoms with Gasteiger partial charge in [-0.05, 0) is 23.9 Å². The van der Waals surface area contributed by atoms with Gasteiger partial charge < -0.3 is 0 Å². The SMILES string of the molecule is CN1C(=O)S/C(=C\c2cc([N+](=O)[O-])ccc2Cl)C1=O. The highest BCUT2D eigenvalue weighted by Crippen LogP contribution is 2.33. The van der Waals surface area contributed by atoms with Gasteiger partial charge in [0.25, 0.3) is 16.8 Å². The zero-order chi connectivity index (χ0) is 14.2. The molecule has 1 aliphatic rings. The average Bonchev–Trinajstić information content (AvgIpc) is 2.59. The Hall–Kier alpha value is -1.86. The van der Waals surface area contributed by atoms with E-state index in [4.69, 9.17) is 11.6 Å². The molecule has 0 aromatic heterocycles. The summed E-state index contributed by atoms with van der Waals surface area (Å²) in [4.78, 5) is 34.3. The third-order valence-corrected chi connectivity index (χ3v) is 3.77. The maximum absolute atomic E-state index is 11.7. The summed E-state index contributed by atoms with van der Waals surface area (Å²) in [5, 5.41) is 10.6. The number of amides is 2. The number of imide groups is 1. The molecule has 0 aliphatic carbocycles. The van der Waals surface area contributed by atoms with Crippen molar-refractivity contribution in [2.24, 2.45) is 0 Å². The molecule has 0 saturated carbocycles. The molecular formula is C11H7ClN2O4S. The van der Waals surface area contributed by atoms with E-state index in [9.17, 15) is 19.7 Å². The predicted molar refractivity (Wildman–Crippen MR) is 71.8 cm³/mol. The number of nitro benzene ring substituents is 1. The normalized spacial score (nSPS) is 17.4. The molecule has 1 aliphatic heterocycles. The van der Waals surface area contributed by atoms with Gasteiger partial charge in [0.1, 0.15) is 0 Å². The molecule has 98 valence electrons. The van der Waals surface area contributed by atoms with Crippen molar-refractivity contribution < 1.29 is 14.5 Å². The van der Waals surface area contributed by atoms with Crippen LogP contribution in [0.2, 0.25) is 5.02 Å². The predicted octanol–water partition coefficient (Wildman–Crippen LogP) is 2.91. The third kappa shape index (κ3) is 2.61. The van der Waals surface area contributed by atoms with E-state index in [1.807, 2.05) is 0 Å². The maximum atomic E-state index is 11.7. The van der Waals surface area contributed by atoms with Crippen molar-refractivity contribution in [1.82, 2.24) is 4.90 Å².